The lowest BCUT2D eigenvalue weighted by molar-refractivity contribution is 0.534. The van der Waals surface area contributed by atoms with E-state index in [2.05, 4.69) is 59.9 Å². The first-order chi connectivity index (χ1) is 9.65. The summed E-state index contributed by atoms with van der Waals surface area (Å²) in [6, 6.07) is 8.72. The van der Waals surface area contributed by atoms with Crippen LogP contribution in [0.1, 0.15) is 30.7 Å². The van der Waals surface area contributed by atoms with E-state index in [-0.39, 0.29) is 0 Å². The summed E-state index contributed by atoms with van der Waals surface area (Å²) >= 11 is 0. The highest BCUT2D eigenvalue weighted by Gasteiger charge is 2.03. The van der Waals surface area contributed by atoms with E-state index in [4.69, 9.17) is 0 Å². The Morgan fingerprint density at radius 1 is 1.30 bits per heavy atom. The van der Waals surface area contributed by atoms with Gasteiger partial charge >= 0.3 is 0 Å². The van der Waals surface area contributed by atoms with Gasteiger partial charge in [-0.3, -0.25) is 0 Å². The van der Waals surface area contributed by atoms with Gasteiger partial charge in [-0.15, -0.1) is 0 Å². The number of aryl methyl sites for hydroxylation is 3. The number of rotatable bonds is 7. The molecule has 0 aliphatic rings. The van der Waals surface area contributed by atoms with Crippen molar-refractivity contribution >= 4 is 0 Å². The maximum absolute atomic E-state index is 4.27. The van der Waals surface area contributed by atoms with Crippen molar-refractivity contribution in [2.45, 2.75) is 40.3 Å². The van der Waals surface area contributed by atoms with Crippen LogP contribution in [0.4, 0.5) is 0 Å². The SMILES string of the molecule is Cc1cccc(CCn2cncc2CNCC(C)C)c1. The van der Waals surface area contributed by atoms with Gasteiger partial charge in [-0.05, 0) is 31.4 Å². The molecular weight excluding hydrogens is 246 g/mol. The predicted molar refractivity (Wildman–Crippen MR) is 83.7 cm³/mol. The van der Waals surface area contributed by atoms with Crippen molar-refractivity contribution in [2.24, 2.45) is 5.92 Å². The fraction of sp³-hybridized carbons (Fsp3) is 0.471. The van der Waals surface area contributed by atoms with E-state index in [1.807, 2.05) is 12.5 Å². The van der Waals surface area contributed by atoms with E-state index in [9.17, 15) is 0 Å². The lowest BCUT2D eigenvalue weighted by atomic mass is 10.1. The second kappa shape index (κ2) is 7.25. The average Bonchev–Trinajstić information content (AvgIpc) is 2.84. The first kappa shape index (κ1) is 14.8. The Morgan fingerprint density at radius 2 is 2.15 bits per heavy atom. The minimum Gasteiger partial charge on any atom is -0.333 e. The van der Waals surface area contributed by atoms with Gasteiger partial charge in [0.15, 0.2) is 0 Å². The number of nitrogens with zero attached hydrogens (tertiary/aromatic N) is 2. The number of hydrogen-bond donors (Lipinski definition) is 1. The molecule has 2 rings (SSSR count). The Bertz CT molecular complexity index is 529. The highest BCUT2D eigenvalue weighted by molar-refractivity contribution is 5.22. The predicted octanol–water partition coefficient (Wildman–Crippen LogP) is 3.18. The maximum Gasteiger partial charge on any atom is 0.0948 e. The van der Waals surface area contributed by atoms with Gasteiger partial charge in [-0.2, -0.15) is 0 Å². The van der Waals surface area contributed by atoms with Crippen molar-refractivity contribution in [3.05, 3.63) is 53.6 Å². The number of imidazole rings is 1. The molecule has 20 heavy (non-hydrogen) atoms. The largest absolute Gasteiger partial charge is 0.333 e. The third-order valence-electron chi connectivity index (χ3n) is 3.38. The van der Waals surface area contributed by atoms with Gasteiger partial charge < -0.3 is 9.88 Å². The summed E-state index contributed by atoms with van der Waals surface area (Å²) in [5, 5.41) is 3.47. The van der Waals surface area contributed by atoms with E-state index in [1.54, 1.807) is 0 Å². The highest BCUT2D eigenvalue weighted by atomic mass is 15.1. The Labute approximate surface area is 122 Å². The van der Waals surface area contributed by atoms with Crippen molar-refractivity contribution in [1.29, 1.82) is 0 Å². The molecule has 0 unspecified atom stereocenters. The lowest BCUT2D eigenvalue weighted by Crippen LogP contribution is -2.21. The Morgan fingerprint density at radius 3 is 2.90 bits per heavy atom. The molecule has 1 heterocycles. The van der Waals surface area contributed by atoms with Crippen molar-refractivity contribution in [3.8, 4) is 0 Å². The summed E-state index contributed by atoms with van der Waals surface area (Å²) in [7, 11) is 0. The molecule has 0 aliphatic heterocycles. The average molecular weight is 271 g/mol. The van der Waals surface area contributed by atoms with Crippen molar-refractivity contribution in [1.82, 2.24) is 14.9 Å². The molecule has 0 spiro atoms. The molecule has 0 atom stereocenters. The first-order valence-electron chi connectivity index (χ1n) is 7.40. The Kier molecular flexibility index (Phi) is 5.36. The van der Waals surface area contributed by atoms with Gasteiger partial charge in [-0.25, -0.2) is 4.98 Å². The minimum atomic E-state index is 0.679. The van der Waals surface area contributed by atoms with Crippen molar-refractivity contribution < 1.29 is 0 Å². The van der Waals surface area contributed by atoms with Crippen LogP contribution < -0.4 is 5.32 Å². The molecule has 2 aromatic rings. The zero-order valence-electron chi connectivity index (χ0n) is 12.8. The van der Waals surface area contributed by atoms with Crippen LogP contribution >= 0.6 is 0 Å². The standard InChI is InChI=1S/C17H25N3/c1-14(2)10-18-11-17-12-19-13-20(17)8-7-16-6-4-5-15(3)9-16/h4-6,9,12-14,18H,7-8,10-11H2,1-3H3. The topological polar surface area (TPSA) is 29.9 Å². The summed E-state index contributed by atoms with van der Waals surface area (Å²) in [6.07, 6.45) is 4.95. The van der Waals surface area contributed by atoms with E-state index in [0.29, 0.717) is 5.92 Å². The summed E-state index contributed by atoms with van der Waals surface area (Å²) < 4.78 is 2.25. The van der Waals surface area contributed by atoms with Crippen LogP contribution in [0.5, 0.6) is 0 Å². The molecule has 1 N–H and O–H groups in total. The van der Waals surface area contributed by atoms with Crippen LogP contribution in [0.2, 0.25) is 0 Å². The van der Waals surface area contributed by atoms with Crippen molar-refractivity contribution in [3.63, 3.8) is 0 Å². The van der Waals surface area contributed by atoms with Gasteiger partial charge in [0.25, 0.3) is 0 Å². The minimum absolute atomic E-state index is 0.679. The third kappa shape index (κ3) is 4.49. The molecule has 108 valence electrons. The molecule has 0 aliphatic carbocycles. The number of hydrogen-bond acceptors (Lipinski definition) is 2. The fourth-order valence-corrected chi connectivity index (χ4v) is 2.30. The summed E-state index contributed by atoms with van der Waals surface area (Å²) in [6.45, 7) is 9.52. The molecule has 1 aromatic carbocycles. The van der Waals surface area contributed by atoms with E-state index >= 15 is 0 Å². The van der Waals surface area contributed by atoms with Gasteiger partial charge in [-0.1, -0.05) is 43.7 Å². The van der Waals surface area contributed by atoms with Gasteiger partial charge in [0.1, 0.15) is 0 Å². The van der Waals surface area contributed by atoms with Crippen LogP contribution in [-0.4, -0.2) is 16.1 Å². The molecule has 3 nitrogen and oxygen atoms in total. The molecule has 0 amide bonds. The fourth-order valence-electron chi connectivity index (χ4n) is 2.30. The molecule has 0 fully saturated rings. The lowest BCUT2D eigenvalue weighted by Gasteiger charge is -2.11. The maximum atomic E-state index is 4.27. The van der Waals surface area contributed by atoms with E-state index in [0.717, 1.165) is 26.1 Å². The van der Waals surface area contributed by atoms with E-state index in [1.165, 1.54) is 16.8 Å². The molecular formula is C17H25N3. The van der Waals surface area contributed by atoms with Crippen LogP contribution in [0.3, 0.4) is 0 Å². The quantitative estimate of drug-likeness (QED) is 0.838. The summed E-state index contributed by atoms with van der Waals surface area (Å²) in [5.74, 6) is 0.679. The number of nitrogens with one attached hydrogen (secondary N) is 1. The van der Waals surface area contributed by atoms with Crippen LogP contribution in [0, 0.1) is 12.8 Å². The molecule has 1 aromatic heterocycles. The number of aromatic nitrogens is 2. The summed E-state index contributed by atoms with van der Waals surface area (Å²) in [4.78, 5) is 4.27. The van der Waals surface area contributed by atoms with Crippen LogP contribution in [0.15, 0.2) is 36.8 Å². The molecule has 3 heteroatoms. The van der Waals surface area contributed by atoms with Crippen molar-refractivity contribution in [2.75, 3.05) is 6.54 Å². The second-order valence-electron chi connectivity index (χ2n) is 5.84. The number of benzene rings is 1. The third-order valence-corrected chi connectivity index (χ3v) is 3.38. The normalized spacial score (nSPS) is 11.2. The monoisotopic (exact) mass is 271 g/mol. The van der Waals surface area contributed by atoms with E-state index < -0.39 is 0 Å². The van der Waals surface area contributed by atoms with Crippen LogP contribution in [-0.2, 0) is 19.5 Å². The smallest absolute Gasteiger partial charge is 0.0948 e. The molecule has 0 bridgehead atoms. The zero-order chi connectivity index (χ0) is 14.4. The summed E-state index contributed by atoms with van der Waals surface area (Å²) in [5.41, 5.74) is 3.98. The van der Waals surface area contributed by atoms with Gasteiger partial charge in [0.05, 0.1) is 12.0 Å². The molecule has 0 saturated carbocycles. The second-order valence-corrected chi connectivity index (χ2v) is 5.84. The van der Waals surface area contributed by atoms with Gasteiger partial charge in [0, 0.05) is 19.3 Å². The Balaban J connectivity index is 1.88. The first-order valence-corrected chi connectivity index (χ1v) is 7.40. The van der Waals surface area contributed by atoms with Gasteiger partial charge in [0.2, 0.25) is 0 Å². The molecule has 0 saturated heterocycles. The van der Waals surface area contributed by atoms with Crippen LogP contribution in [0.25, 0.3) is 0 Å². The Hall–Kier alpha value is -1.61. The molecule has 0 radical (unpaired) electrons. The highest BCUT2D eigenvalue weighted by Crippen LogP contribution is 2.07. The zero-order valence-corrected chi connectivity index (χ0v) is 12.8.